The van der Waals surface area contributed by atoms with Crippen molar-refractivity contribution in [3.8, 4) is 17.5 Å². The van der Waals surface area contributed by atoms with Crippen LogP contribution in [0.1, 0.15) is 68.8 Å². The normalized spacial score (nSPS) is 17.2. The summed E-state index contributed by atoms with van der Waals surface area (Å²) in [6.07, 6.45) is -1.57. The molecule has 0 aliphatic carbocycles. The van der Waals surface area contributed by atoms with Gasteiger partial charge >= 0.3 is 24.2 Å². The van der Waals surface area contributed by atoms with Gasteiger partial charge < -0.3 is 44.5 Å². The summed E-state index contributed by atoms with van der Waals surface area (Å²) in [7, 11) is 1.22. The van der Waals surface area contributed by atoms with Gasteiger partial charge in [0, 0.05) is 37.3 Å². The Morgan fingerprint density at radius 3 is 2.36 bits per heavy atom. The molecule has 0 spiro atoms. The number of nitrogens with one attached hydrogen (secondary N) is 3. The largest absolute Gasteiger partial charge is 0.494 e. The zero-order chi connectivity index (χ0) is 39.6. The minimum Gasteiger partial charge on any atom is -0.494 e. The van der Waals surface area contributed by atoms with Gasteiger partial charge in [-0.15, -0.1) is 0 Å². The van der Waals surface area contributed by atoms with Crippen molar-refractivity contribution in [3.63, 3.8) is 0 Å². The highest BCUT2D eigenvalue weighted by molar-refractivity contribution is 5.99. The Balaban J connectivity index is 1.40. The number of likely N-dealkylation sites (tertiary alicyclic amines) is 1. The highest BCUT2D eigenvalue weighted by atomic mass is 19.4. The van der Waals surface area contributed by atoms with Crippen molar-refractivity contribution in [2.45, 2.75) is 77.2 Å². The smallest absolute Gasteiger partial charge is 0.422 e. The third-order valence-electron chi connectivity index (χ3n) is 8.49. The van der Waals surface area contributed by atoms with Gasteiger partial charge in [0.25, 0.3) is 5.91 Å². The lowest BCUT2D eigenvalue weighted by Gasteiger charge is -2.26. The van der Waals surface area contributed by atoms with E-state index < -0.39 is 54.3 Å². The van der Waals surface area contributed by atoms with Crippen LogP contribution in [0.3, 0.4) is 0 Å². The van der Waals surface area contributed by atoms with Crippen molar-refractivity contribution in [2.24, 2.45) is 5.92 Å². The molecule has 0 saturated carbocycles. The molecule has 2 amide bonds. The molecule has 15 nitrogen and oxygen atoms in total. The Bertz CT molecular complexity index is 1790. The molecule has 3 N–H and O–H groups in total. The van der Waals surface area contributed by atoms with Gasteiger partial charge in [0.2, 0.25) is 11.9 Å². The number of rotatable bonds is 6. The lowest BCUT2D eigenvalue weighted by molar-refractivity contribution is -0.154. The summed E-state index contributed by atoms with van der Waals surface area (Å²) < 4.78 is 66.4. The third kappa shape index (κ3) is 12.5. The number of fused-ring (bicyclic) bond motifs is 10. The minimum atomic E-state index is -4.64. The maximum atomic E-state index is 13.9. The zero-order valence-corrected chi connectivity index (χ0v) is 31.2. The van der Waals surface area contributed by atoms with Crippen molar-refractivity contribution < 1.29 is 51.2 Å². The van der Waals surface area contributed by atoms with E-state index in [9.17, 15) is 27.6 Å². The molecule has 3 aliphatic rings. The van der Waals surface area contributed by atoms with E-state index in [1.165, 1.54) is 30.2 Å². The Kier molecular flexibility index (Phi) is 13.4. The van der Waals surface area contributed by atoms with Crippen molar-refractivity contribution in [1.82, 2.24) is 25.2 Å². The molecule has 18 heteroatoms. The highest BCUT2D eigenvalue weighted by Gasteiger charge is 2.39. The second-order valence-corrected chi connectivity index (χ2v) is 14.1. The lowest BCUT2D eigenvalue weighted by Crippen LogP contribution is -2.48. The fourth-order valence-electron chi connectivity index (χ4n) is 5.82. The van der Waals surface area contributed by atoms with Crippen LogP contribution in [0.5, 0.6) is 17.5 Å². The first-order valence-electron chi connectivity index (χ1n) is 18.0. The van der Waals surface area contributed by atoms with Crippen LogP contribution in [0.15, 0.2) is 42.5 Å². The second kappa shape index (κ2) is 18.2. The van der Waals surface area contributed by atoms with E-state index in [1.807, 2.05) is 24.3 Å². The number of hydrogen-bond acceptors (Lipinski definition) is 13. The molecule has 4 heterocycles. The lowest BCUT2D eigenvalue weighted by atomic mass is 9.98. The topological polar surface area (TPSA) is 175 Å². The molecule has 2 atom stereocenters. The van der Waals surface area contributed by atoms with Crippen LogP contribution in [0, 0.1) is 5.92 Å². The maximum Gasteiger partial charge on any atom is 0.422 e. The molecule has 55 heavy (non-hydrogen) atoms. The summed E-state index contributed by atoms with van der Waals surface area (Å²) in [4.78, 5) is 53.4. The standard InChI is InChI=1S/C37H46F3N7O8/c1-36(2,3)55-35(50)47-16-15-24(21-47)29(31(49)51-4)43-30(48)27-14-11-25-19-28(27)53-18-8-6-5-7-17-52-26-12-9-23(10-13-26)20-41-32-44-33(42-25)46-34(45-32)54-22-37(38,39)40/h9-14,19,24,29H,5-8,15-18,20-22H2,1-4H3,(H,43,48)(H2,41,42,44,45,46). The van der Waals surface area contributed by atoms with Gasteiger partial charge in [-0.1, -0.05) is 12.1 Å². The Morgan fingerprint density at radius 1 is 0.964 bits per heavy atom. The van der Waals surface area contributed by atoms with Crippen molar-refractivity contribution >= 4 is 35.6 Å². The van der Waals surface area contributed by atoms with Gasteiger partial charge in [0.15, 0.2) is 6.61 Å². The number of halogens is 3. The van der Waals surface area contributed by atoms with Crippen molar-refractivity contribution in [3.05, 3.63) is 53.6 Å². The first-order chi connectivity index (χ1) is 26.2. The molecule has 3 aromatic rings. The molecule has 6 bridgehead atoms. The van der Waals surface area contributed by atoms with E-state index in [-0.39, 0.29) is 42.9 Å². The number of carbonyl (C=O) groups is 3. The Morgan fingerprint density at radius 2 is 1.67 bits per heavy atom. The van der Waals surface area contributed by atoms with E-state index in [1.54, 1.807) is 20.8 Å². The van der Waals surface area contributed by atoms with Crippen molar-refractivity contribution in [2.75, 3.05) is 50.7 Å². The molecule has 1 aromatic heterocycles. The number of aromatic nitrogens is 3. The average Bonchev–Trinajstić information content (AvgIpc) is 3.62. The number of carbonyl (C=O) groups excluding carboxylic acids is 3. The summed E-state index contributed by atoms with van der Waals surface area (Å²) in [6.45, 7) is 5.14. The minimum absolute atomic E-state index is 0.0561. The first kappa shape index (κ1) is 40.6. The quantitative estimate of drug-likeness (QED) is 0.248. The fourth-order valence-corrected chi connectivity index (χ4v) is 5.82. The molecular formula is C37H46F3N7O8. The number of amides is 2. The van der Waals surface area contributed by atoms with E-state index in [4.69, 9.17) is 23.7 Å². The third-order valence-corrected chi connectivity index (χ3v) is 8.49. The van der Waals surface area contributed by atoms with Crippen LogP contribution in [-0.2, 0) is 20.8 Å². The van der Waals surface area contributed by atoms with Crippen LogP contribution in [-0.4, -0.2) is 95.7 Å². The maximum absolute atomic E-state index is 13.9. The summed E-state index contributed by atoms with van der Waals surface area (Å²) in [5, 5.41) is 8.71. The molecular weight excluding hydrogens is 727 g/mol. The van der Waals surface area contributed by atoms with Crippen LogP contribution >= 0.6 is 0 Å². The molecule has 3 aliphatic heterocycles. The fraction of sp³-hybridized carbons (Fsp3) is 0.514. The zero-order valence-electron chi connectivity index (χ0n) is 31.2. The summed E-state index contributed by atoms with van der Waals surface area (Å²) in [5.41, 5.74) is 0.564. The van der Waals surface area contributed by atoms with E-state index in [0.29, 0.717) is 37.4 Å². The molecule has 1 fully saturated rings. The summed E-state index contributed by atoms with van der Waals surface area (Å²) >= 11 is 0. The van der Waals surface area contributed by atoms with Gasteiger partial charge in [-0.2, -0.15) is 28.1 Å². The molecule has 2 unspecified atom stereocenters. The number of benzene rings is 2. The number of esters is 1. The van der Waals surface area contributed by atoms with Gasteiger partial charge in [0.05, 0.1) is 25.9 Å². The van der Waals surface area contributed by atoms with Gasteiger partial charge in [-0.3, -0.25) is 4.79 Å². The predicted octanol–water partition coefficient (Wildman–Crippen LogP) is 6.03. The second-order valence-electron chi connectivity index (χ2n) is 14.1. The Hall–Kier alpha value is -5.55. The molecule has 298 valence electrons. The van der Waals surface area contributed by atoms with Gasteiger partial charge in [-0.05, 0) is 82.7 Å². The van der Waals surface area contributed by atoms with E-state index in [0.717, 1.165) is 24.8 Å². The molecule has 6 rings (SSSR count). The van der Waals surface area contributed by atoms with Crippen LogP contribution < -0.4 is 30.2 Å². The SMILES string of the molecule is COC(=O)C(NC(=O)c1ccc2cc1OCCCCCCOc1ccc(cc1)CNc1nc(nc(OCC(F)(F)F)n1)N2)C1CCN(C(=O)OC(C)(C)C)C1. The van der Waals surface area contributed by atoms with Gasteiger partial charge in [0.1, 0.15) is 23.1 Å². The van der Waals surface area contributed by atoms with Crippen LogP contribution in [0.4, 0.5) is 35.5 Å². The van der Waals surface area contributed by atoms with Crippen molar-refractivity contribution in [1.29, 1.82) is 0 Å². The molecule has 0 radical (unpaired) electrons. The van der Waals surface area contributed by atoms with Crippen LogP contribution in [0.25, 0.3) is 0 Å². The number of methoxy groups -OCH3 is 1. The highest BCUT2D eigenvalue weighted by Crippen LogP contribution is 2.29. The summed E-state index contributed by atoms with van der Waals surface area (Å²) in [5.74, 6) is -1.11. The monoisotopic (exact) mass is 773 g/mol. The number of anilines is 3. The average molecular weight is 774 g/mol. The number of ether oxygens (including phenoxy) is 5. The first-order valence-corrected chi connectivity index (χ1v) is 18.0. The van der Waals surface area contributed by atoms with E-state index >= 15 is 0 Å². The van der Waals surface area contributed by atoms with E-state index in [2.05, 4.69) is 30.9 Å². The number of hydrogen-bond donors (Lipinski definition) is 3. The predicted molar refractivity (Wildman–Crippen MR) is 194 cm³/mol. The molecule has 2 aromatic carbocycles. The molecule has 1 saturated heterocycles. The van der Waals surface area contributed by atoms with Gasteiger partial charge in [-0.25, -0.2) is 9.59 Å². The Labute approximate surface area is 316 Å². The number of nitrogens with zero attached hydrogens (tertiary/aromatic N) is 4. The van der Waals surface area contributed by atoms with Crippen LogP contribution in [0.2, 0.25) is 0 Å². The number of alkyl halides is 3. The summed E-state index contributed by atoms with van der Waals surface area (Å²) in [6, 6.07) is 10.2.